The number of epoxide rings is 1. The molecule has 1 aliphatic rings. The van der Waals surface area contributed by atoms with Crippen LogP contribution in [0.4, 0.5) is 0 Å². The van der Waals surface area contributed by atoms with Gasteiger partial charge < -0.3 is 9.84 Å². The molecule has 0 radical (unpaired) electrons. The first-order valence-electron chi connectivity index (χ1n) is 2.77. The maximum absolute atomic E-state index is 10.3. The van der Waals surface area contributed by atoms with Gasteiger partial charge in [-0.15, -0.1) is 0 Å². The number of ether oxygens (including phenoxy) is 1. The second-order valence-corrected chi connectivity index (χ2v) is 1.87. The molecule has 0 aromatic carbocycles. The van der Waals surface area contributed by atoms with Crippen LogP contribution in [0.2, 0.25) is 0 Å². The molecule has 1 N–H and O–H groups in total. The highest BCUT2D eigenvalue weighted by atomic mass is 16.6. The van der Waals surface area contributed by atoms with E-state index in [1.165, 1.54) is 0 Å². The summed E-state index contributed by atoms with van der Waals surface area (Å²) in [6, 6.07) is 0. The van der Waals surface area contributed by atoms with Crippen molar-refractivity contribution in [3.05, 3.63) is 11.6 Å². The van der Waals surface area contributed by atoms with Crippen LogP contribution in [0.25, 0.3) is 0 Å². The van der Waals surface area contributed by atoms with Crippen LogP contribution in [-0.4, -0.2) is 23.8 Å². The molecule has 1 fully saturated rings. The minimum absolute atomic E-state index is 0.132. The van der Waals surface area contributed by atoms with E-state index in [0.717, 1.165) is 0 Å². The minimum atomic E-state index is -0.875. The minimum Gasteiger partial charge on any atom is -0.478 e. The van der Waals surface area contributed by atoms with E-state index in [0.29, 0.717) is 12.2 Å². The van der Waals surface area contributed by atoms with Crippen molar-refractivity contribution in [2.75, 3.05) is 6.61 Å². The van der Waals surface area contributed by atoms with Gasteiger partial charge in [-0.1, -0.05) is 6.08 Å². The highest BCUT2D eigenvalue weighted by Gasteiger charge is 2.30. The number of hydrogen-bond acceptors (Lipinski definition) is 2. The van der Waals surface area contributed by atoms with Crippen molar-refractivity contribution in [1.82, 2.24) is 0 Å². The van der Waals surface area contributed by atoms with Gasteiger partial charge >= 0.3 is 5.97 Å². The van der Waals surface area contributed by atoms with Gasteiger partial charge in [0.05, 0.1) is 12.2 Å². The molecule has 1 saturated heterocycles. The molecule has 1 aliphatic heterocycles. The van der Waals surface area contributed by atoms with E-state index in [2.05, 4.69) is 0 Å². The summed E-state index contributed by atoms with van der Waals surface area (Å²) >= 11 is 0. The molecule has 0 spiro atoms. The van der Waals surface area contributed by atoms with E-state index >= 15 is 0 Å². The summed E-state index contributed by atoms with van der Waals surface area (Å²) in [6.07, 6.45) is 1.44. The molecule has 0 aromatic heterocycles. The van der Waals surface area contributed by atoms with Crippen molar-refractivity contribution in [3.8, 4) is 0 Å². The highest BCUT2D eigenvalue weighted by Crippen LogP contribution is 2.18. The second kappa shape index (κ2) is 2.19. The lowest BCUT2D eigenvalue weighted by atomic mass is 10.2. The van der Waals surface area contributed by atoms with Crippen LogP contribution in [-0.2, 0) is 9.53 Å². The molecule has 0 bridgehead atoms. The number of allylic oxidation sites excluding steroid dienone is 1. The number of hydrogen-bond donors (Lipinski definition) is 1. The van der Waals surface area contributed by atoms with E-state index < -0.39 is 5.97 Å². The first-order valence-corrected chi connectivity index (χ1v) is 2.77. The molecule has 1 unspecified atom stereocenters. The van der Waals surface area contributed by atoms with Crippen molar-refractivity contribution in [2.24, 2.45) is 0 Å². The van der Waals surface area contributed by atoms with Gasteiger partial charge in [0.25, 0.3) is 0 Å². The van der Waals surface area contributed by atoms with Gasteiger partial charge in [-0.3, -0.25) is 0 Å². The summed E-state index contributed by atoms with van der Waals surface area (Å²) in [5.74, 6) is -0.875. The molecule has 0 saturated carbocycles. The van der Waals surface area contributed by atoms with Gasteiger partial charge in [0.15, 0.2) is 0 Å². The monoisotopic (exact) mass is 128 g/mol. The SMILES string of the molecule is CC=C(C(=O)O)C1CO1. The summed E-state index contributed by atoms with van der Waals surface area (Å²) in [5, 5.41) is 8.44. The molecule has 3 nitrogen and oxygen atoms in total. The van der Waals surface area contributed by atoms with E-state index in [4.69, 9.17) is 9.84 Å². The van der Waals surface area contributed by atoms with Crippen molar-refractivity contribution in [1.29, 1.82) is 0 Å². The van der Waals surface area contributed by atoms with E-state index in [1.54, 1.807) is 13.0 Å². The van der Waals surface area contributed by atoms with Crippen LogP contribution in [0, 0.1) is 0 Å². The molecule has 0 amide bonds. The summed E-state index contributed by atoms with van der Waals surface area (Å²) in [7, 11) is 0. The van der Waals surface area contributed by atoms with Gasteiger partial charge in [-0.25, -0.2) is 4.79 Å². The maximum atomic E-state index is 10.3. The Balaban J connectivity index is 2.59. The fourth-order valence-electron chi connectivity index (χ4n) is 0.675. The molecule has 1 atom stereocenters. The Bertz CT molecular complexity index is 156. The zero-order valence-electron chi connectivity index (χ0n) is 5.13. The predicted octanol–water partition coefficient (Wildman–Crippen LogP) is 0.416. The molecule has 50 valence electrons. The fourth-order valence-corrected chi connectivity index (χ4v) is 0.675. The molecule has 3 heteroatoms. The number of carboxylic acid groups (broad SMARTS) is 1. The van der Waals surface area contributed by atoms with Crippen LogP contribution in [0.15, 0.2) is 11.6 Å². The Kier molecular flexibility index (Phi) is 1.53. The van der Waals surface area contributed by atoms with Crippen LogP contribution >= 0.6 is 0 Å². The van der Waals surface area contributed by atoms with Gasteiger partial charge in [0.1, 0.15) is 6.10 Å². The van der Waals surface area contributed by atoms with E-state index in [-0.39, 0.29) is 6.10 Å². The van der Waals surface area contributed by atoms with Gasteiger partial charge in [0.2, 0.25) is 0 Å². The molecular formula is C6H8O3. The number of carboxylic acids is 1. The molecule has 0 aromatic rings. The molecule has 1 heterocycles. The summed E-state index contributed by atoms with van der Waals surface area (Å²) in [6.45, 7) is 2.26. The highest BCUT2D eigenvalue weighted by molar-refractivity contribution is 5.88. The number of carbonyl (C=O) groups is 1. The zero-order chi connectivity index (χ0) is 6.85. The van der Waals surface area contributed by atoms with Crippen molar-refractivity contribution < 1.29 is 14.6 Å². The van der Waals surface area contributed by atoms with Gasteiger partial charge in [0, 0.05) is 0 Å². The first kappa shape index (κ1) is 6.29. The Labute approximate surface area is 52.9 Å². The lowest BCUT2D eigenvalue weighted by molar-refractivity contribution is -0.132. The average molecular weight is 128 g/mol. The van der Waals surface area contributed by atoms with Crippen molar-refractivity contribution >= 4 is 5.97 Å². The smallest absolute Gasteiger partial charge is 0.333 e. The summed E-state index contributed by atoms with van der Waals surface area (Å²) in [5.41, 5.74) is 0.370. The molecule has 9 heavy (non-hydrogen) atoms. The lowest BCUT2D eigenvalue weighted by Crippen LogP contribution is -2.05. The Hall–Kier alpha value is -0.830. The molecule has 0 aliphatic carbocycles. The van der Waals surface area contributed by atoms with Gasteiger partial charge in [-0.05, 0) is 6.92 Å². The largest absolute Gasteiger partial charge is 0.478 e. The Morgan fingerprint density at radius 1 is 1.89 bits per heavy atom. The third-order valence-electron chi connectivity index (χ3n) is 1.24. The lowest BCUT2D eigenvalue weighted by Gasteiger charge is -1.91. The van der Waals surface area contributed by atoms with E-state index in [9.17, 15) is 4.79 Å². The maximum Gasteiger partial charge on any atom is 0.333 e. The van der Waals surface area contributed by atoms with Crippen LogP contribution < -0.4 is 0 Å². The van der Waals surface area contributed by atoms with Crippen LogP contribution in [0.3, 0.4) is 0 Å². The average Bonchev–Trinajstić information content (AvgIpc) is 2.50. The van der Waals surface area contributed by atoms with Gasteiger partial charge in [-0.2, -0.15) is 0 Å². The first-order chi connectivity index (χ1) is 4.25. The Morgan fingerprint density at radius 3 is 2.56 bits per heavy atom. The third-order valence-corrected chi connectivity index (χ3v) is 1.24. The number of aliphatic carboxylic acids is 1. The van der Waals surface area contributed by atoms with Crippen LogP contribution in [0.1, 0.15) is 6.92 Å². The van der Waals surface area contributed by atoms with Crippen LogP contribution in [0.5, 0.6) is 0 Å². The molecular weight excluding hydrogens is 120 g/mol. The standard InChI is InChI=1S/C6H8O3/c1-2-4(6(7)8)5-3-9-5/h2,5H,3H2,1H3,(H,7,8). The normalized spacial score (nSPS) is 25.9. The predicted molar refractivity (Wildman–Crippen MR) is 31.1 cm³/mol. The topological polar surface area (TPSA) is 49.8 Å². The number of rotatable bonds is 2. The quantitative estimate of drug-likeness (QED) is 0.433. The second-order valence-electron chi connectivity index (χ2n) is 1.87. The fraction of sp³-hybridized carbons (Fsp3) is 0.500. The third kappa shape index (κ3) is 1.29. The Morgan fingerprint density at radius 2 is 2.44 bits per heavy atom. The molecule has 1 rings (SSSR count). The zero-order valence-corrected chi connectivity index (χ0v) is 5.13. The van der Waals surface area contributed by atoms with E-state index in [1.807, 2.05) is 0 Å². The van der Waals surface area contributed by atoms with Crippen molar-refractivity contribution in [2.45, 2.75) is 13.0 Å². The van der Waals surface area contributed by atoms with Crippen molar-refractivity contribution in [3.63, 3.8) is 0 Å². The summed E-state index contributed by atoms with van der Waals surface area (Å²) in [4.78, 5) is 10.3. The summed E-state index contributed by atoms with van der Waals surface area (Å²) < 4.78 is 4.77.